The van der Waals surface area contributed by atoms with Gasteiger partial charge >= 0.3 is 5.97 Å². The zero-order valence-corrected chi connectivity index (χ0v) is 15.4. The average molecular weight is 368 g/mol. The van der Waals surface area contributed by atoms with Gasteiger partial charge < -0.3 is 9.72 Å². The van der Waals surface area contributed by atoms with Crippen molar-refractivity contribution in [3.63, 3.8) is 0 Å². The molecule has 0 saturated heterocycles. The van der Waals surface area contributed by atoms with Crippen molar-refractivity contribution < 1.29 is 9.53 Å². The van der Waals surface area contributed by atoms with Gasteiger partial charge in [-0.15, -0.1) is 11.3 Å². The number of rotatable bonds is 4. The molecule has 0 saturated carbocycles. The van der Waals surface area contributed by atoms with Gasteiger partial charge in [-0.1, -0.05) is 19.1 Å². The van der Waals surface area contributed by atoms with Crippen molar-refractivity contribution in [2.75, 3.05) is 0 Å². The first-order chi connectivity index (χ1) is 12.7. The van der Waals surface area contributed by atoms with Gasteiger partial charge in [0.15, 0.2) is 0 Å². The highest BCUT2D eigenvalue weighted by Crippen LogP contribution is 2.33. The molecule has 0 fully saturated rings. The van der Waals surface area contributed by atoms with Crippen LogP contribution < -0.4 is 5.56 Å². The van der Waals surface area contributed by atoms with Crippen LogP contribution in [0.15, 0.2) is 29.1 Å². The number of carbonyl (C=O) groups is 1. The van der Waals surface area contributed by atoms with Crippen LogP contribution in [0.4, 0.5) is 0 Å². The Balaban J connectivity index is 1.53. The van der Waals surface area contributed by atoms with Crippen LogP contribution in [-0.4, -0.2) is 15.9 Å². The molecular weight excluding hydrogens is 348 g/mol. The summed E-state index contributed by atoms with van der Waals surface area (Å²) >= 11 is 1.59. The van der Waals surface area contributed by atoms with Gasteiger partial charge in [0.2, 0.25) is 0 Å². The Morgan fingerprint density at radius 1 is 1.23 bits per heavy atom. The Morgan fingerprint density at radius 2 is 2.00 bits per heavy atom. The lowest BCUT2D eigenvalue weighted by atomic mass is 9.97. The van der Waals surface area contributed by atoms with Crippen LogP contribution in [-0.2, 0) is 30.6 Å². The van der Waals surface area contributed by atoms with Crippen LogP contribution >= 0.6 is 11.3 Å². The summed E-state index contributed by atoms with van der Waals surface area (Å²) in [6.07, 6.45) is 5.18. The number of H-pyrrole nitrogens is 1. The molecule has 0 unspecified atom stereocenters. The van der Waals surface area contributed by atoms with Crippen LogP contribution in [0.25, 0.3) is 10.2 Å². The van der Waals surface area contributed by atoms with Crippen molar-refractivity contribution in [1.29, 1.82) is 0 Å². The molecule has 3 aromatic rings. The fourth-order valence-corrected chi connectivity index (χ4v) is 4.65. The molecule has 1 aliphatic carbocycles. The van der Waals surface area contributed by atoms with E-state index < -0.39 is 5.97 Å². The first-order valence-corrected chi connectivity index (χ1v) is 9.77. The molecular formula is C20H20N2O3S. The topological polar surface area (TPSA) is 72.0 Å². The maximum absolute atomic E-state index is 12.5. The van der Waals surface area contributed by atoms with Crippen LogP contribution in [0.5, 0.6) is 0 Å². The first-order valence-electron chi connectivity index (χ1n) is 8.95. The molecule has 134 valence electrons. The summed E-state index contributed by atoms with van der Waals surface area (Å²) in [5.41, 5.74) is 2.69. The lowest BCUT2D eigenvalue weighted by Crippen LogP contribution is -2.15. The van der Waals surface area contributed by atoms with E-state index in [9.17, 15) is 9.59 Å². The van der Waals surface area contributed by atoms with E-state index in [1.54, 1.807) is 23.5 Å². The van der Waals surface area contributed by atoms with Crippen molar-refractivity contribution in [2.24, 2.45) is 0 Å². The SMILES string of the molecule is CCc1ccc(C(=O)OCc2nc3sc4c(c3c(=O)[nH]2)CCCC4)cc1. The molecule has 1 aromatic carbocycles. The quantitative estimate of drug-likeness (QED) is 0.711. The Morgan fingerprint density at radius 3 is 2.77 bits per heavy atom. The smallest absolute Gasteiger partial charge is 0.338 e. The van der Waals surface area contributed by atoms with Gasteiger partial charge in [0.05, 0.1) is 10.9 Å². The number of esters is 1. The molecule has 1 aliphatic rings. The molecule has 6 heteroatoms. The largest absolute Gasteiger partial charge is 0.454 e. The standard InChI is InChI=1S/C20H20N2O3S/c1-2-12-7-9-13(10-8-12)20(24)25-11-16-21-18(23)17-14-5-3-4-6-15(14)26-19(17)22-16/h7-10H,2-6,11H2,1H3,(H,21,22,23). The number of fused-ring (bicyclic) bond motifs is 3. The molecule has 0 amide bonds. The lowest BCUT2D eigenvalue weighted by Gasteiger charge is -2.09. The lowest BCUT2D eigenvalue weighted by molar-refractivity contribution is 0.0462. The summed E-state index contributed by atoms with van der Waals surface area (Å²) in [7, 11) is 0. The second-order valence-electron chi connectivity index (χ2n) is 6.53. The van der Waals surface area contributed by atoms with Crippen LogP contribution in [0.3, 0.4) is 0 Å². The maximum atomic E-state index is 12.5. The van der Waals surface area contributed by atoms with Gasteiger partial charge in [-0.25, -0.2) is 9.78 Å². The molecule has 0 radical (unpaired) electrons. The third-order valence-electron chi connectivity index (χ3n) is 4.81. The second-order valence-corrected chi connectivity index (χ2v) is 7.61. The number of hydrogen-bond acceptors (Lipinski definition) is 5. The van der Waals surface area contributed by atoms with Crippen LogP contribution in [0, 0.1) is 0 Å². The van der Waals surface area contributed by atoms with E-state index >= 15 is 0 Å². The molecule has 0 aliphatic heterocycles. The number of nitrogens with zero attached hydrogens (tertiary/aromatic N) is 1. The van der Waals surface area contributed by atoms with Gasteiger partial charge in [0.1, 0.15) is 17.3 Å². The van der Waals surface area contributed by atoms with E-state index in [-0.39, 0.29) is 12.2 Å². The van der Waals surface area contributed by atoms with Gasteiger partial charge in [-0.2, -0.15) is 0 Å². The number of benzene rings is 1. The molecule has 0 bridgehead atoms. The van der Waals surface area contributed by atoms with Crippen molar-refractivity contribution in [2.45, 2.75) is 45.6 Å². The maximum Gasteiger partial charge on any atom is 0.338 e. The normalized spacial score (nSPS) is 13.6. The van der Waals surface area contributed by atoms with E-state index in [1.807, 2.05) is 12.1 Å². The number of hydrogen-bond donors (Lipinski definition) is 1. The van der Waals surface area contributed by atoms with E-state index in [1.165, 1.54) is 16.9 Å². The molecule has 5 nitrogen and oxygen atoms in total. The van der Waals surface area contributed by atoms with E-state index in [0.29, 0.717) is 11.4 Å². The Hall–Kier alpha value is -2.47. The van der Waals surface area contributed by atoms with Gasteiger partial charge in [-0.05, 0) is 55.4 Å². The summed E-state index contributed by atoms with van der Waals surface area (Å²) < 4.78 is 5.33. The predicted octanol–water partition coefficient (Wildman–Crippen LogP) is 3.78. The van der Waals surface area contributed by atoms with E-state index in [0.717, 1.165) is 41.5 Å². The summed E-state index contributed by atoms with van der Waals surface area (Å²) in [5.74, 6) is -0.0273. The summed E-state index contributed by atoms with van der Waals surface area (Å²) in [4.78, 5) is 34.0. The predicted molar refractivity (Wildman–Crippen MR) is 102 cm³/mol. The second kappa shape index (κ2) is 7.03. The average Bonchev–Trinajstić information content (AvgIpc) is 3.05. The number of aryl methyl sites for hydroxylation is 3. The third-order valence-corrected chi connectivity index (χ3v) is 6.00. The van der Waals surface area contributed by atoms with Crippen LogP contribution in [0.2, 0.25) is 0 Å². The molecule has 26 heavy (non-hydrogen) atoms. The number of thiophene rings is 1. The van der Waals surface area contributed by atoms with Crippen molar-refractivity contribution >= 4 is 27.5 Å². The summed E-state index contributed by atoms with van der Waals surface area (Å²) in [6.45, 7) is 2.02. The number of ether oxygens (including phenoxy) is 1. The summed E-state index contributed by atoms with van der Waals surface area (Å²) in [6, 6.07) is 7.35. The minimum Gasteiger partial charge on any atom is -0.454 e. The first kappa shape index (κ1) is 17.0. The Bertz CT molecular complexity index is 1020. The zero-order valence-electron chi connectivity index (χ0n) is 14.6. The van der Waals surface area contributed by atoms with Crippen molar-refractivity contribution in [3.05, 3.63) is 62.0 Å². The van der Waals surface area contributed by atoms with Gasteiger partial charge in [0.25, 0.3) is 5.56 Å². The highest BCUT2D eigenvalue weighted by Gasteiger charge is 2.20. The Kier molecular flexibility index (Phi) is 4.59. The molecule has 4 rings (SSSR count). The molecule has 2 heterocycles. The minimum atomic E-state index is -0.416. The van der Waals surface area contributed by atoms with Crippen LogP contribution in [0.1, 0.15) is 52.0 Å². The molecule has 2 aromatic heterocycles. The number of aromatic nitrogens is 2. The van der Waals surface area contributed by atoms with E-state index in [2.05, 4.69) is 16.9 Å². The fourth-order valence-electron chi connectivity index (χ4n) is 3.37. The Labute approximate surface area is 155 Å². The highest BCUT2D eigenvalue weighted by atomic mass is 32.1. The number of aromatic amines is 1. The molecule has 1 N–H and O–H groups in total. The number of carbonyl (C=O) groups excluding carboxylic acids is 1. The monoisotopic (exact) mass is 368 g/mol. The minimum absolute atomic E-state index is 0.0396. The summed E-state index contributed by atoms with van der Waals surface area (Å²) in [5, 5.41) is 0.718. The number of nitrogens with one attached hydrogen (secondary N) is 1. The zero-order chi connectivity index (χ0) is 18.1. The van der Waals surface area contributed by atoms with E-state index in [4.69, 9.17) is 4.74 Å². The fraction of sp³-hybridized carbons (Fsp3) is 0.350. The highest BCUT2D eigenvalue weighted by molar-refractivity contribution is 7.18. The van der Waals surface area contributed by atoms with Crippen molar-refractivity contribution in [1.82, 2.24) is 9.97 Å². The van der Waals surface area contributed by atoms with Gasteiger partial charge in [0, 0.05) is 4.88 Å². The molecule has 0 atom stereocenters. The van der Waals surface area contributed by atoms with Gasteiger partial charge in [-0.3, -0.25) is 4.79 Å². The third kappa shape index (κ3) is 3.17. The molecule has 0 spiro atoms. The van der Waals surface area contributed by atoms with Crippen molar-refractivity contribution in [3.8, 4) is 0 Å².